The molecule has 1 aliphatic heterocycles. The summed E-state index contributed by atoms with van der Waals surface area (Å²) in [5.41, 5.74) is 3.67. The first-order valence-corrected chi connectivity index (χ1v) is 12.1. The van der Waals surface area contributed by atoms with Gasteiger partial charge in [-0.3, -0.25) is 9.78 Å². The number of alkyl halides is 2. The number of anilines is 1. The van der Waals surface area contributed by atoms with Crippen molar-refractivity contribution in [3.8, 4) is 6.01 Å². The van der Waals surface area contributed by atoms with Gasteiger partial charge in [0.05, 0.1) is 18.3 Å². The molecular weight excluding hydrogens is 470 g/mol. The van der Waals surface area contributed by atoms with Crippen molar-refractivity contribution < 1.29 is 23.0 Å². The number of aromatic nitrogens is 4. The number of rotatable bonds is 9. The second-order valence-corrected chi connectivity index (χ2v) is 9.40. The zero-order valence-corrected chi connectivity index (χ0v) is 21.0. The van der Waals surface area contributed by atoms with Gasteiger partial charge >= 0.3 is 6.01 Å². The van der Waals surface area contributed by atoms with E-state index in [-0.39, 0.29) is 23.9 Å². The maximum absolute atomic E-state index is 13.6. The van der Waals surface area contributed by atoms with Crippen LogP contribution in [0.4, 0.5) is 14.7 Å². The third-order valence-corrected chi connectivity index (χ3v) is 6.56. The molecule has 2 aromatic heterocycles. The smallest absolute Gasteiger partial charge is 0.322 e. The van der Waals surface area contributed by atoms with Crippen LogP contribution in [-0.2, 0) is 11.2 Å². The number of halogens is 2. The first kappa shape index (κ1) is 25.9. The van der Waals surface area contributed by atoms with Crippen LogP contribution in [0.25, 0.3) is 5.57 Å². The number of methoxy groups -OCH3 is 1. The number of allylic oxidation sites excluding steroid dienone is 2. The SMILES string of the molecule is COC[C@@H](C)Oc1nc(C(=O)N[C@@H](C)C(C)(F)F)nc(N2CCC(C3=CCc4ncccc43)CC2)n1. The van der Waals surface area contributed by atoms with Crippen LogP contribution in [0.15, 0.2) is 24.4 Å². The van der Waals surface area contributed by atoms with Crippen LogP contribution in [0.2, 0.25) is 0 Å². The highest BCUT2D eigenvalue weighted by Gasteiger charge is 2.33. The molecule has 0 bridgehead atoms. The Bertz CT molecular complexity index is 1120. The van der Waals surface area contributed by atoms with Gasteiger partial charge < -0.3 is 19.7 Å². The van der Waals surface area contributed by atoms with E-state index in [0.717, 1.165) is 31.9 Å². The van der Waals surface area contributed by atoms with Gasteiger partial charge in [0.15, 0.2) is 0 Å². The molecule has 2 atom stereocenters. The number of carbonyl (C=O) groups excluding carboxylic acids is 1. The summed E-state index contributed by atoms with van der Waals surface area (Å²) >= 11 is 0. The fraction of sp³-hybridized carbons (Fsp3) is 0.560. The first-order valence-electron chi connectivity index (χ1n) is 12.1. The summed E-state index contributed by atoms with van der Waals surface area (Å²) in [4.78, 5) is 32.0. The van der Waals surface area contributed by atoms with E-state index in [1.807, 2.05) is 17.2 Å². The third kappa shape index (κ3) is 5.95. The number of piperidine rings is 1. The average molecular weight is 503 g/mol. The molecule has 1 aliphatic carbocycles. The monoisotopic (exact) mass is 502 g/mol. The van der Waals surface area contributed by atoms with Gasteiger partial charge in [0.1, 0.15) is 6.10 Å². The molecule has 1 fully saturated rings. The van der Waals surface area contributed by atoms with Crippen LogP contribution in [-0.4, -0.2) is 70.7 Å². The van der Waals surface area contributed by atoms with Gasteiger partial charge in [-0.1, -0.05) is 12.1 Å². The van der Waals surface area contributed by atoms with Crippen LogP contribution in [0.3, 0.4) is 0 Å². The lowest BCUT2D eigenvalue weighted by Crippen LogP contribution is -2.44. The number of hydrogen-bond acceptors (Lipinski definition) is 8. The molecular formula is C25H32F2N6O3. The predicted octanol–water partition coefficient (Wildman–Crippen LogP) is 3.31. The number of ether oxygens (including phenoxy) is 2. The fourth-order valence-electron chi connectivity index (χ4n) is 4.44. The molecule has 36 heavy (non-hydrogen) atoms. The molecule has 3 heterocycles. The standard InChI is InChI=1S/C25H32F2N6O3/c1-15(14-35-4)36-24-31-21(22(34)29-16(2)25(3,26)27)30-23(32-24)33-12-9-17(10-13-33)18-7-8-20-19(18)6-5-11-28-20/h5-7,11,15-17H,8-10,12-14H2,1-4H3,(H,29,34)/t15-,16+/m1/s1. The zero-order valence-electron chi connectivity index (χ0n) is 21.0. The molecule has 11 heteroatoms. The molecule has 1 N–H and O–H groups in total. The topological polar surface area (TPSA) is 102 Å². The average Bonchev–Trinajstić information content (AvgIpc) is 3.27. The molecule has 0 aromatic carbocycles. The Morgan fingerprint density at radius 1 is 1.25 bits per heavy atom. The Kier molecular flexibility index (Phi) is 7.77. The van der Waals surface area contributed by atoms with E-state index in [2.05, 4.69) is 37.4 Å². The number of carbonyl (C=O) groups is 1. The Morgan fingerprint density at radius 2 is 2.00 bits per heavy atom. The highest BCUT2D eigenvalue weighted by molar-refractivity contribution is 5.91. The van der Waals surface area contributed by atoms with Crippen molar-refractivity contribution in [2.24, 2.45) is 5.92 Å². The normalized spacial score (nSPS) is 17.8. The van der Waals surface area contributed by atoms with Crippen molar-refractivity contribution in [3.63, 3.8) is 0 Å². The van der Waals surface area contributed by atoms with Crippen LogP contribution in [0.1, 0.15) is 55.5 Å². The summed E-state index contributed by atoms with van der Waals surface area (Å²) in [6, 6.07) is 2.64. The van der Waals surface area contributed by atoms with Gasteiger partial charge in [-0.05, 0) is 49.8 Å². The molecule has 1 saturated heterocycles. The highest BCUT2D eigenvalue weighted by atomic mass is 19.3. The van der Waals surface area contributed by atoms with E-state index in [9.17, 15) is 13.6 Å². The Hall–Kier alpha value is -3.21. The second-order valence-electron chi connectivity index (χ2n) is 9.40. The van der Waals surface area contributed by atoms with Crippen molar-refractivity contribution in [2.75, 3.05) is 31.7 Å². The maximum Gasteiger partial charge on any atom is 0.322 e. The number of fused-ring (bicyclic) bond motifs is 1. The van der Waals surface area contributed by atoms with Gasteiger partial charge in [-0.2, -0.15) is 15.0 Å². The van der Waals surface area contributed by atoms with Gasteiger partial charge in [-0.25, -0.2) is 8.78 Å². The maximum atomic E-state index is 13.6. The van der Waals surface area contributed by atoms with Gasteiger partial charge in [0.25, 0.3) is 11.8 Å². The molecule has 2 aromatic rings. The van der Waals surface area contributed by atoms with E-state index in [1.54, 1.807) is 14.0 Å². The van der Waals surface area contributed by atoms with Crippen LogP contribution in [0.5, 0.6) is 6.01 Å². The van der Waals surface area contributed by atoms with E-state index in [1.165, 1.54) is 18.1 Å². The summed E-state index contributed by atoms with van der Waals surface area (Å²) in [6.45, 7) is 5.38. The zero-order chi connectivity index (χ0) is 25.9. The molecule has 194 valence electrons. The van der Waals surface area contributed by atoms with Crippen LogP contribution < -0.4 is 15.0 Å². The Balaban J connectivity index is 1.51. The van der Waals surface area contributed by atoms with E-state index in [4.69, 9.17) is 9.47 Å². The molecule has 2 aliphatic rings. The molecule has 0 radical (unpaired) electrons. The fourth-order valence-corrected chi connectivity index (χ4v) is 4.44. The van der Waals surface area contributed by atoms with Gasteiger partial charge in [-0.15, -0.1) is 0 Å². The summed E-state index contributed by atoms with van der Waals surface area (Å²) in [5, 5.41) is 2.27. The Morgan fingerprint density at radius 3 is 2.69 bits per heavy atom. The van der Waals surface area contributed by atoms with Crippen molar-refractivity contribution >= 4 is 17.4 Å². The number of amides is 1. The number of nitrogens with one attached hydrogen (secondary N) is 1. The molecule has 4 rings (SSSR count). The summed E-state index contributed by atoms with van der Waals surface area (Å²) in [5.74, 6) is -3.50. The minimum Gasteiger partial charge on any atom is -0.458 e. The number of nitrogens with zero attached hydrogens (tertiary/aromatic N) is 5. The number of hydrogen-bond donors (Lipinski definition) is 1. The van der Waals surface area contributed by atoms with E-state index >= 15 is 0 Å². The molecule has 0 unspecified atom stereocenters. The molecule has 9 nitrogen and oxygen atoms in total. The van der Waals surface area contributed by atoms with Gasteiger partial charge in [0, 0.05) is 39.7 Å². The summed E-state index contributed by atoms with van der Waals surface area (Å²) in [7, 11) is 1.54. The predicted molar refractivity (Wildman–Crippen MR) is 130 cm³/mol. The lowest BCUT2D eigenvalue weighted by Gasteiger charge is -2.33. The van der Waals surface area contributed by atoms with Crippen molar-refractivity contribution in [2.45, 2.75) is 58.1 Å². The molecule has 0 spiro atoms. The summed E-state index contributed by atoms with van der Waals surface area (Å²) < 4.78 is 38.1. The van der Waals surface area contributed by atoms with Crippen LogP contribution >= 0.6 is 0 Å². The second kappa shape index (κ2) is 10.8. The summed E-state index contributed by atoms with van der Waals surface area (Å²) in [6.07, 6.45) is 6.31. The van der Waals surface area contributed by atoms with E-state index in [0.29, 0.717) is 25.6 Å². The van der Waals surface area contributed by atoms with E-state index < -0.39 is 17.9 Å². The lowest BCUT2D eigenvalue weighted by atomic mass is 9.87. The minimum atomic E-state index is -3.09. The third-order valence-electron chi connectivity index (χ3n) is 6.56. The van der Waals surface area contributed by atoms with Crippen molar-refractivity contribution in [1.82, 2.24) is 25.3 Å². The van der Waals surface area contributed by atoms with Crippen molar-refractivity contribution in [3.05, 3.63) is 41.5 Å². The van der Waals surface area contributed by atoms with Gasteiger partial charge in [0.2, 0.25) is 11.8 Å². The minimum absolute atomic E-state index is 0.0498. The first-order chi connectivity index (χ1) is 17.2. The molecule has 0 saturated carbocycles. The quantitative estimate of drug-likeness (QED) is 0.557. The van der Waals surface area contributed by atoms with Crippen molar-refractivity contribution in [1.29, 1.82) is 0 Å². The lowest BCUT2D eigenvalue weighted by molar-refractivity contribution is -0.0109. The van der Waals surface area contributed by atoms with Crippen LogP contribution in [0, 0.1) is 5.92 Å². The largest absolute Gasteiger partial charge is 0.458 e. The molecule has 1 amide bonds. The number of pyridine rings is 1. The highest BCUT2D eigenvalue weighted by Crippen LogP contribution is 2.37. The Labute approximate surface area is 209 Å².